The Kier molecular flexibility index (Phi) is 8.14. The van der Waals surface area contributed by atoms with Crippen LogP contribution in [0.1, 0.15) is 26.3 Å². The fraction of sp³-hybridized carbons (Fsp3) is 0.409. The van der Waals surface area contributed by atoms with Crippen molar-refractivity contribution in [3.05, 3.63) is 66.2 Å². The third kappa shape index (κ3) is 8.94. The maximum atomic E-state index is 12.3. The zero-order chi connectivity index (χ0) is 19.7. The van der Waals surface area contributed by atoms with Crippen LogP contribution in [-0.4, -0.2) is 41.5 Å². The molecule has 0 bridgehead atoms. The molecule has 27 heavy (non-hydrogen) atoms. The summed E-state index contributed by atoms with van der Waals surface area (Å²) >= 11 is 6.49. The van der Waals surface area contributed by atoms with Gasteiger partial charge in [-0.3, -0.25) is 9.69 Å². The van der Waals surface area contributed by atoms with Gasteiger partial charge in [-0.1, -0.05) is 48.5 Å². The molecule has 0 N–H and O–H groups in total. The number of halogens is 1. The lowest BCUT2D eigenvalue weighted by atomic mass is 10.2. The molecule has 2 aromatic carbocycles. The first kappa shape index (κ1) is 21.3. The van der Waals surface area contributed by atoms with Crippen molar-refractivity contribution in [3.8, 4) is 5.75 Å². The zero-order valence-electron chi connectivity index (χ0n) is 16.2. The van der Waals surface area contributed by atoms with E-state index in [1.54, 1.807) is 0 Å². The van der Waals surface area contributed by atoms with Crippen LogP contribution >= 0.6 is 11.6 Å². The highest BCUT2D eigenvalue weighted by atomic mass is 35.5. The Labute approximate surface area is 167 Å². The fourth-order valence-corrected chi connectivity index (χ4v) is 2.88. The Morgan fingerprint density at radius 2 is 1.63 bits per heavy atom. The molecule has 0 amide bonds. The van der Waals surface area contributed by atoms with Crippen molar-refractivity contribution in [1.29, 1.82) is 0 Å². The number of rotatable bonds is 9. The lowest BCUT2D eigenvalue weighted by molar-refractivity contribution is -0.156. The number of carbonyl (C=O) groups is 1. The lowest BCUT2D eigenvalue weighted by Crippen LogP contribution is -2.38. The van der Waals surface area contributed by atoms with Crippen molar-refractivity contribution in [2.45, 2.75) is 38.3 Å². The normalized spacial score (nSPS) is 12.6. The van der Waals surface area contributed by atoms with Crippen LogP contribution < -0.4 is 4.74 Å². The first-order valence-electron chi connectivity index (χ1n) is 9.12. The molecule has 146 valence electrons. The summed E-state index contributed by atoms with van der Waals surface area (Å²) in [5.74, 6) is 0.524. The molecule has 5 heteroatoms. The van der Waals surface area contributed by atoms with E-state index in [0.29, 0.717) is 19.7 Å². The maximum Gasteiger partial charge on any atom is 0.320 e. The van der Waals surface area contributed by atoms with Gasteiger partial charge in [-0.2, -0.15) is 0 Å². The molecule has 1 unspecified atom stereocenters. The lowest BCUT2D eigenvalue weighted by Gasteiger charge is -2.26. The minimum atomic E-state index is -0.508. The van der Waals surface area contributed by atoms with Crippen LogP contribution in [0.2, 0.25) is 0 Å². The average molecular weight is 390 g/mol. The van der Waals surface area contributed by atoms with Crippen LogP contribution in [0.5, 0.6) is 5.75 Å². The zero-order valence-corrected chi connectivity index (χ0v) is 17.0. The number of para-hydroxylation sites is 1. The Morgan fingerprint density at radius 3 is 2.22 bits per heavy atom. The van der Waals surface area contributed by atoms with Crippen molar-refractivity contribution in [1.82, 2.24) is 4.90 Å². The minimum absolute atomic E-state index is 0.181. The van der Waals surface area contributed by atoms with E-state index in [1.807, 2.05) is 86.3 Å². The minimum Gasteiger partial charge on any atom is -0.492 e. The summed E-state index contributed by atoms with van der Waals surface area (Å²) in [7, 11) is 0. The standard InChI is InChI=1S/C22H28ClNO3/c1-22(2,3)27-21(25)16-24(14-18-10-6-4-7-11-18)15-19(23)17-26-20-12-8-5-9-13-20/h4-13,19H,14-17H2,1-3H3. The number of carbonyl (C=O) groups excluding carboxylic acids is 1. The number of benzene rings is 2. The summed E-state index contributed by atoms with van der Waals surface area (Å²) in [4.78, 5) is 14.3. The molecule has 0 spiro atoms. The molecule has 0 saturated heterocycles. The highest BCUT2D eigenvalue weighted by Gasteiger charge is 2.21. The van der Waals surface area contributed by atoms with Gasteiger partial charge in [0.05, 0.1) is 11.9 Å². The van der Waals surface area contributed by atoms with E-state index in [0.717, 1.165) is 11.3 Å². The number of alkyl halides is 1. The van der Waals surface area contributed by atoms with Gasteiger partial charge in [0.2, 0.25) is 0 Å². The van der Waals surface area contributed by atoms with Crippen LogP contribution in [0.3, 0.4) is 0 Å². The van der Waals surface area contributed by atoms with Crippen LogP contribution in [0, 0.1) is 0 Å². The van der Waals surface area contributed by atoms with Crippen LogP contribution in [-0.2, 0) is 16.1 Å². The fourth-order valence-electron chi connectivity index (χ4n) is 2.62. The Balaban J connectivity index is 1.94. The van der Waals surface area contributed by atoms with E-state index >= 15 is 0 Å². The third-order valence-electron chi connectivity index (χ3n) is 3.65. The van der Waals surface area contributed by atoms with Gasteiger partial charge in [0, 0.05) is 13.1 Å². The van der Waals surface area contributed by atoms with Gasteiger partial charge in [-0.15, -0.1) is 11.6 Å². The van der Waals surface area contributed by atoms with Crippen molar-refractivity contribution in [3.63, 3.8) is 0 Å². The van der Waals surface area contributed by atoms with Crippen molar-refractivity contribution in [2.75, 3.05) is 19.7 Å². The molecule has 0 aromatic heterocycles. The second-order valence-corrected chi connectivity index (χ2v) is 8.08. The number of hydrogen-bond donors (Lipinski definition) is 0. The van der Waals surface area contributed by atoms with Crippen molar-refractivity contribution >= 4 is 17.6 Å². The Bertz CT molecular complexity index is 686. The predicted octanol–water partition coefficient (Wildman–Crippen LogP) is 4.52. The molecule has 0 fully saturated rings. The number of nitrogens with zero attached hydrogens (tertiary/aromatic N) is 1. The van der Waals surface area contributed by atoms with Gasteiger partial charge in [0.15, 0.2) is 0 Å². The van der Waals surface area contributed by atoms with Gasteiger partial charge >= 0.3 is 5.97 Å². The van der Waals surface area contributed by atoms with E-state index in [1.165, 1.54) is 0 Å². The summed E-state index contributed by atoms with van der Waals surface area (Å²) in [5, 5.41) is -0.253. The van der Waals surface area contributed by atoms with Gasteiger partial charge in [-0.05, 0) is 38.5 Å². The van der Waals surface area contributed by atoms with E-state index < -0.39 is 5.60 Å². The molecule has 0 heterocycles. The van der Waals surface area contributed by atoms with Crippen LogP contribution in [0.25, 0.3) is 0 Å². The molecule has 2 aromatic rings. The van der Waals surface area contributed by atoms with E-state index in [4.69, 9.17) is 21.1 Å². The van der Waals surface area contributed by atoms with E-state index in [-0.39, 0.29) is 17.9 Å². The van der Waals surface area contributed by atoms with Gasteiger partial charge < -0.3 is 9.47 Å². The molecular weight excluding hydrogens is 362 g/mol. The second kappa shape index (κ2) is 10.3. The van der Waals surface area contributed by atoms with Crippen LogP contribution in [0.15, 0.2) is 60.7 Å². The first-order valence-corrected chi connectivity index (χ1v) is 9.55. The second-order valence-electron chi connectivity index (χ2n) is 7.46. The Morgan fingerprint density at radius 1 is 1.04 bits per heavy atom. The molecule has 0 aliphatic carbocycles. The number of ether oxygens (including phenoxy) is 2. The molecule has 0 aliphatic rings. The van der Waals surface area contributed by atoms with Crippen molar-refractivity contribution in [2.24, 2.45) is 0 Å². The van der Waals surface area contributed by atoms with Gasteiger partial charge in [0.1, 0.15) is 18.0 Å². The summed E-state index contributed by atoms with van der Waals surface area (Å²) in [5.41, 5.74) is 0.612. The molecule has 2 rings (SSSR count). The van der Waals surface area contributed by atoms with E-state index in [9.17, 15) is 4.79 Å². The predicted molar refractivity (Wildman–Crippen MR) is 109 cm³/mol. The topological polar surface area (TPSA) is 38.8 Å². The quantitative estimate of drug-likeness (QED) is 0.467. The van der Waals surface area contributed by atoms with E-state index in [2.05, 4.69) is 0 Å². The van der Waals surface area contributed by atoms with Gasteiger partial charge in [-0.25, -0.2) is 0 Å². The van der Waals surface area contributed by atoms with Crippen LogP contribution in [0.4, 0.5) is 0 Å². The summed E-state index contributed by atoms with van der Waals surface area (Å²) < 4.78 is 11.2. The van der Waals surface area contributed by atoms with Gasteiger partial charge in [0.25, 0.3) is 0 Å². The summed E-state index contributed by atoms with van der Waals surface area (Å²) in [6.07, 6.45) is 0. The molecule has 0 radical (unpaired) electrons. The SMILES string of the molecule is CC(C)(C)OC(=O)CN(Cc1ccccc1)CC(Cl)COc1ccccc1. The average Bonchev–Trinajstić information content (AvgIpc) is 2.60. The number of esters is 1. The molecule has 0 saturated carbocycles. The molecular formula is C22H28ClNO3. The summed E-state index contributed by atoms with van der Waals surface area (Å²) in [6, 6.07) is 19.6. The monoisotopic (exact) mass is 389 g/mol. The largest absolute Gasteiger partial charge is 0.492 e. The van der Waals surface area contributed by atoms with Crippen molar-refractivity contribution < 1.29 is 14.3 Å². The molecule has 4 nitrogen and oxygen atoms in total. The number of hydrogen-bond acceptors (Lipinski definition) is 4. The third-order valence-corrected chi connectivity index (χ3v) is 3.92. The summed E-state index contributed by atoms with van der Waals surface area (Å²) in [6.45, 7) is 7.28. The Hall–Kier alpha value is -2.04. The maximum absolute atomic E-state index is 12.3. The highest BCUT2D eigenvalue weighted by molar-refractivity contribution is 6.20. The smallest absolute Gasteiger partial charge is 0.320 e. The highest BCUT2D eigenvalue weighted by Crippen LogP contribution is 2.13. The molecule has 0 aliphatic heterocycles. The first-order chi connectivity index (χ1) is 12.8. The molecule has 1 atom stereocenters.